The van der Waals surface area contributed by atoms with Crippen molar-refractivity contribution in [3.63, 3.8) is 0 Å². The van der Waals surface area contributed by atoms with Crippen LogP contribution in [0.25, 0.3) is 0 Å². The van der Waals surface area contributed by atoms with E-state index in [1.165, 1.54) is 36.6 Å². The Morgan fingerprint density at radius 2 is 2.25 bits per heavy atom. The summed E-state index contributed by atoms with van der Waals surface area (Å²) in [5.74, 6) is 0.514. The van der Waals surface area contributed by atoms with Crippen LogP contribution in [0.1, 0.15) is 5.01 Å². The number of thiazole rings is 1. The molecular formula is C11H12ClN3O3S2. The molecule has 108 valence electrons. The van der Waals surface area contributed by atoms with Gasteiger partial charge in [-0.2, -0.15) is 0 Å². The average molecular weight is 334 g/mol. The van der Waals surface area contributed by atoms with Crippen LogP contribution in [0.2, 0.25) is 4.34 Å². The normalized spacial score (nSPS) is 11.3. The van der Waals surface area contributed by atoms with E-state index in [4.69, 9.17) is 21.5 Å². The second kappa shape index (κ2) is 5.96. The average Bonchev–Trinajstić information content (AvgIpc) is 2.80. The third-order valence-corrected chi connectivity index (χ3v) is 4.48. The van der Waals surface area contributed by atoms with E-state index in [-0.39, 0.29) is 4.90 Å². The number of aromatic nitrogens is 1. The molecule has 0 aliphatic carbocycles. The maximum absolute atomic E-state index is 11.3. The Kier molecular flexibility index (Phi) is 4.48. The van der Waals surface area contributed by atoms with Gasteiger partial charge in [0.1, 0.15) is 15.1 Å². The molecule has 2 aromatic rings. The fourth-order valence-corrected chi connectivity index (χ4v) is 2.98. The molecule has 20 heavy (non-hydrogen) atoms. The van der Waals surface area contributed by atoms with Crippen LogP contribution in [0.4, 0.5) is 5.69 Å². The molecule has 3 N–H and O–H groups in total. The molecule has 0 aliphatic heterocycles. The molecule has 0 atom stereocenters. The molecule has 0 spiro atoms. The van der Waals surface area contributed by atoms with E-state index in [1.54, 1.807) is 6.20 Å². The molecule has 0 saturated heterocycles. The Labute approximate surface area is 125 Å². The number of hydrogen-bond acceptors (Lipinski definition) is 6. The van der Waals surface area contributed by atoms with E-state index in [1.807, 2.05) is 0 Å². The smallest absolute Gasteiger partial charge is 0.238 e. The Morgan fingerprint density at radius 3 is 2.80 bits per heavy atom. The number of anilines is 1. The molecule has 1 aromatic heterocycles. The van der Waals surface area contributed by atoms with Gasteiger partial charge < -0.3 is 10.1 Å². The number of rotatable bonds is 5. The molecule has 6 nitrogen and oxygen atoms in total. The molecule has 0 amide bonds. The van der Waals surface area contributed by atoms with Crippen LogP contribution in [-0.4, -0.2) is 20.5 Å². The SMILES string of the molecule is COc1ccc(S(N)(=O)=O)cc1NCc1ncc(Cl)s1. The van der Waals surface area contributed by atoms with Gasteiger partial charge in [0.15, 0.2) is 0 Å². The van der Waals surface area contributed by atoms with Crippen LogP contribution < -0.4 is 15.2 Å². The van der Waals surface area contributed by atoms with Crippen molar-refractivity contribution in [3.8, 4) is 5.75 Å². The summed E-state index contributed by atoms with van der Waals surface area (Å²) in [4.78, 5) is 4.11. The summed E-state index contributed by atoms with van der Waals surface area (Å²) in [6, 6.07) is 4.35. The van der Waals surface area contributed by atoms with Gasteiger partial charge in [0.05, 0.1) is 30.4 Å². The van der Waals surface area contributed by atoms with Crippen molar-refractivity contribution in [2.75, 3.05) is 12.4 Å². The number of hydrogen-bond donors (Lipinski definition) is 2. The highest BCUT2D eigenvalue weighted by molar-refractivity contribution is 7.89. The quantitative estimate of drug-likeness (QED) is 0.873. The predicted octanol–water partition coefficient (Wildman–Crippen LogP) is 2.06. The summed E-state index contributed by atoms with van der Waals surface area (Å²) in [6.07, 6.45) is 1.56. The summed E-state index contributed by atoms with van der Waals surface area (Å²) in [7, 11) is -2.26. The van der Waals surface area contributed by atoms with Crippen molar-refractivity contribution in [3.05, 3.63) is 33.7 Å². The van der Waals surface area contributed by atoms with E-state index in [0.29, 0.717) is 22.3 Å². The summed E-state index contributed by atoms with van der Waals surface area (Å²) in [6.45, 7) is 0.405. The number of ether oxygens (including phenoxy) is 1. The van der Waals surface area contributed by atoms with Crippen molar-refractivity contribution in [1.82, 2.24) is 4.98 Å². The summed E-state index contributed by atoms with van der Waals surface area (Å²) in [5, 5.41) is 8.93. The van der Waals surface area contributed by atoms with Crippen molar-refractivity contribution in [2.24, 2.45) is 5.14 Å². The number of halogens is 1. The minimum atomic E-state index is -3.76. The molecule has 1 heterocycles. The number of nitrogens with zero attached hydrogens (tertiary/aromatic N) is 1. The summed E-state index contributed by atoms with van der Waals surface area (Å²) >= 11 is 7.13. The Morgan fingerprint density at radius 1 is 1.50 bits per heavy atom. The van der Waals surface area contributed by atoms with Gasteiger partial charge in [-0.1, -0.05) is 11.6 Å². The summed E-state index contributed by atoms with van der Waals surface area (Å²) < 4.78 is 28.4. The van der Waals surface area contributed by atoms with Gasteiger partial charge in [-0.25, -0.2) is 18.5 Å². The van der Waals surface area contributed by atoms with Crippen LogP contribution in [-0.2, 0) is 16.6 Å². The standard InChI is InChI=1S/C11H12ClN3O3S2/c1-18-9-3-2-7(20(13,16)17)4-8(9)14-6-11-15-5-10(12)19-11/h2-5,14H,6H2,1H3,(H2,13,16,17). The number of benzene rings is 1. The first kappa shape index (κ1) is 15.0. The maximum atomic E-state index is 11.3. The van der Waals surface area contributed by atoms with E-state index in [9.17, 15) is 8.42 Å². The number of methoxy groups -OCH3 is 1. The zero-order chi connectivity index (χ0) is 14.8. The highest BCUT2D eigenvalue weighted by atomic mass is 35.5. The molecule has 1 aromatic carbocycles. The fraction of sp³-hybridized carbons (Fsp3) is 0.182. The van der Waals surface area contributed by atoms with E-state index >= 15 is 0 Å². The lowest BCUT2D eigenvalue weighted by Gasteiger charge is -2.11. The Bertz CT molecular complexity index is 715. The van der Waals surface area contributed by atoms with Crippen molar-refractivity contribution in [2.45, 2.75) is 11.4 Å². The zero-order valence-electron chi connectivity index (χ0n) is 10.5. The molecule has 9 heteroatoms. The van der Waals surface area contributed by atoms with Gasteiger partial charge in [0.25, 0.3) is 0 Å². The Balaban J connectivity index is 2.24. The topological polar surface area (TPSA) is 94.3 Å². The van der Waals surface area contributed by atoms with Crippen molar-refractivity contribution in [1.29, 1.82) is 0 Å². The largest absolute Gasteiger partial charge is 0.495 e. The molecule has 0 radical (unpaired) electrons. The Hall–Kier alpha value is -1.35. The zero-order valence-corrected chi connectivity index (χ0v) is 12.8. The third-order valence-electron chi connectivity index (χ3n) is 2.45. The lowest BCUT2D eigenvalue weighted by molar-refractivity contribution is 0.416. The number of primary sulfonamides is 1. The van der Waals surface area contributed by atoms with E-state index in [0.717, 1.165) is 5.01 Å². The molecule has 0 saturated carbocycles. The highest BCUT2D eigenvalue weighted by Gasteiger charge is 2.12. The third kappa shape index (κ3) is 3.60. The highest BCUT2D eigenvalue weighted by Crippen LogP contribution is 2.28. The fourth-order valence-electron chi connectivity index (χ4n) is 1.54. The number of sulfonamides is 1. The second-order valence-corrected chi connectivity index (χ2v) is 7.13. The van der Waals surface area contributed by atoms with Gasteiger partial charge in [0.2, 0.25) is 10.0 Å². The number of nitrogens with one attached hydrogen (secondary N) is 1. The van der Waals surface area contributed by atoms with Crippen LogP contribution in [0.5, 0.6) is 5.75 Å². The molecule has 2 rings (SSSR count). The van der Waals surface area contributed by atoms with Crippen LogP contribution >= 0.6 is 22.9 Å². The molecular weight excluding hydrogens is 322 g/mol. The van der Waals surface area contributed by atoms with Crippen LogP contribution in [0.3, 0.4) is 0 Å². The van der Waals surface area contributed by atoms with Gasteiger partial charge in [-0.3, -0.25) is 0 Å². The minimum absolute atomic E-state index is 0.0120. The lowest BCUT2D eigenvalue weighted by atomic mass is 10.3. The van der Waals surface area contributed by atoms with Gasteiger partial charge >= 0.3 is 0 Å². The maximum Gasteiger partial charge on any atom is 0.238 e. The van der Waals surface area contributed by atoms with Crippen molar-refractivity contribution < 1.29 is 13.2 Å². The lowest BCUT2D eigenvalue weighted by Crippen LogP contribution is -2.12. The molecule has 0 bridgehead atoms. The van der Waals surface area contributed by atoms with Gasteiger partial charge in [-0.05, 0) is 18.2 Å². The molecule has 0 aliphatic rings. The van der Waals surface area contributed by atoms with Crippen molar-refractivity contribution >= 4 is 38.6 Å². The monoisotopic (exact) mass is 333 g/mol. The predicted molar refractivity (Wildman–Crippen MR) is 78.8 cm³/mol. The second-order valence-electron chi connectivity index (χ2n) is 3.82. The van der Waals surface area contributed by atoms with E-state index in [2.05, 4.69) is 10.3 Å². The minimum Gasteiger partial charge on any atom is -0.495 e. The first-order valence-electron chi connectivity index (χ1n) is 5.45. The van der Waals surface area contributed by atoms with Gasteiger partial charge in [-0.15, -0.1) is 11.3 Å². The first-order valence-corrected chi connectivity index (χ1v) is 8.19. The van der Waals surface area contributed by atoms with Crippen LogP contribution in [0.15, 0.2) is 29.3 Å². The van der Waals surface area contributed by atoms with Crippen LogP contribution in [0, 0.1) is 0 Å². The van der Waals surface area contributed by atoms with E-state index < -0.39 is 10.0 Å². The van der Waals surface area contributed by atoms with Gasteiger partial charge in [0, 0.05) is 0 Å². The number of nitrogens with two attached hydrogens (primary N) is 1. The summed E-state index contributed by atoms with van der Waals surface area (Å²) in [5.41, 5.74) is 0.519. The first-order chi connectivity index (χ1) is 9.40. The molecule has 0 unspecified atom stereocenters. The molecule has 0 fully saturated rings.